The summed E-state index contributed by atoms with van der Waals surface area (Å²) in [4.78, 5) is 1.49. The van der Waals surface area contributed by atoms with Crippen LogP contribution in [-0.4, -0.2) is 24.2 Å². The first-order valence-electron chi connectivity index (χ1n) is 6.90. The van der Waals surface area contributed by atoms with Gasteiger partial charge in [0.1, 0.15) is 0 Å². The smallest absolute Gasteiger partial charge is 0.0108 e. The van der Waals surface area contributed by atoms with E-state index < -0.39 is 0 Å². The molecule has 1 unspecified atom stereocenters. The predicted molar refractivity (Wildman–Crippen MR) is 85.0 cm³/mol. The molecule has 0 saturated carbocycles. The maximum atomic E-state index is 3.62. The largest absolute Gasteiger partial charge is 0.316 e. The zero-order valence-corrected chi connectivity index (χ0v) is 13.2. The highest BCUT2D eigenvalue weighted by molar-refractivity contribution is 9.09. The molecule has 0 aromatic heterocycles. The number of rotatable bonds is 8. The molecule has 0 bridgehead atoms. The molecule has 1 nitrogen and oxygen atoms in total. The van der Waals surface area contributed by atoms with Crippen LogP contribution >= 0.6 is 27.7 Å². The van der Waals surface area contributed by atoms with Gasteiger partial charge in [0.05, 0.1) is 0 Å². The molecule has 1 atom stereocenters. The molecule has 0 aliphatic carbocycles. The number of benzene rings is 1. The van der Waals surface area contributed by atoms with Crippen LogP contribution in [0.2, 0.25) is 0 Å². The van der Waals surface area contributed by atoms with Crippen molar-refractivity contribution in [1.82, 2.24) is 5.32 Å². The molecule has 0 amide bonds. The number of alkyl halides is 1. The summed E-state index contributed by atoms with van der Waals surface area (Å²) >= 11 is 5.48. The van der Waals surface area contributed by atoms with Crippen molar-refractivity contribution in [2.45, 2.75) is 36.5 Å². The molecule has 0 spiro atoms. The summed E-state index contributed by atoms with van der Waals surface area (Å²) in [6.07, 6.45) is 5.34. The first-order chi connectivity index (χ1) is 8.92. The summed E-state index contributed by atoms with van der Waals surface area (Å²) < 4.78 is 0. The van der Waals surface area contributed by atoms with Crippen LogP contribution in [0.15, 0.2) is 29.2 Å². The van der Waals surface area contributed by atoms with Gasteiger partial charge in [-0.1, -0.05) is 47.0 Å². The second kappa shape index (κ2) is 8.23. The van der Waals surface area contributed by atoms with Crippen molar-refractivity contribution in [2.75, 3.05) is 24.2 Å². The maximum absolute atomic E-state index is 3.62. The molecule has 1 aromatic rings. The number of halogens is 1. The Labute approximate surface area is 123 Å². The Morgan fingerprint density at radius 3 is 2.89 bits per heavy atom. The topological polar surface area (TPSA) is 12.0 Å². The Kier molecular flexibility index (Phi) is 6.60. The summed E-state index contributed by atoms with van der Waals surface area (Å²) in [6, 6.07) is 8.85. The molecule has 100 valence electrons. The van der Waals surface area contributed by atoms with E-state index in [1.165, 1.54) is 42.9 Å². The fourth-order valence-electron chi connectivity index (χ4n) is 2.37. The minimum absolute atomic E-state index is 0.716. The van der Waals surface area contributed by atoms with Crippen LogP contribution in [-0.2, 0) is 0 Å². The second-order valence-corrected chi connectivity index (χ2v) is 6.71. The molecule has 1 N–H and O–H groups in total. The fraction of sp³-hybridized carbons (Fsp3) is 0.600. The highest BCUT2D eigenvalue weighted by Gasteiger charge is 2.21. The van der Waals surface area contributed by atoms with Gasteiger partial charge in [-0.3, -0.25) is 0 Å². The van der Waals surface area contributed by atoms with Gasteiger partial charge in [0.25, 0.3) is 0 Å². The molecule has 1 aromatic carbocycles. The second-order valence-electron chi connectivity index (χ2n) is 4.85. The van der Waals surface area contributed by atoms with Crippen molar-refractivity contribution < 1.29 is 0 Å². The molecule has 1 heterocycles. The molecular weight excluding hydrogens is 306 g/mol. The van der Waals surface area contributed by atoms with E-state index >= 15 is 0 Å². The lowest BCUT2D eigenvalue weighted by molar-refractivity contribution is 0.573. The average Bonchev–Trinajstić information content (AvgIpc) is 2.81. The van der Waals surface area contributed by atoms with Crippen molar-refractivity contribution in [2.24, 2.45) is 0 Å². The molecule has 18 heavy (non-hydrogen) atoms. The number of nitrogens with one attached hydrogen (secondary N) is 1. The predicted octanol–water partition coefficient (Wildman–Crippen LogP) is 4.42. The zero-order valence-electron chi connectivity index (χ0n) is 10.8. The normalized spacial score (nSPS) is 17.9. The van der Waals surface area contributed by atoms with Crippen LogP contribution in [0.4, 0.5) is 0 Å². The average molecular weight is 328 g/mol. The Hall–Kier alpha value is 0.0100. The molecule has 0 fully saturated rings. The minimum atomic E-state index is 0.716. The first-order valence-corrected chi connectivity index (χ1v) is 9.01. The van der Waals surface area contributed by atoms with Gasteiger partial charge in [0, 0.05) is 28.4 Å². The molecule has 0 saturated heterocycles. The van der Waals surface area contributed by atoms with Crippen molar-refractivity contribution in [3.8, 4) is 0 Å². The summed E-state index contributed by atoms with van der Waals surface area (Å²) in [5, 5.41) is 4.77. The molecular formula is C15H22BrNS. The maximum Gasteiger partial charge on any atom is 0.0108 e. The summed E-state index contributed by atoms with van der Waals surface area (Å²) in [5.41, 5.74) is 1.55. The van der Waals surface area contributed by atoms with Gasteiger partial charge in [-0.25, -0.2) is 0 Å². The van der Waals surface area contributed by atoms with E-state index in [9.17, 15) is 0 Å². The van der Waals surface area contributed by atoms with Gasteiger partial charge in [-0.15, -0.1) is 11.8 Å². The van der Waals surface area contributed by atoms with Crippen molar-refractivity contribution >= 4 is 27.7 Å². The van der Waals surface area contributed by atoms with Gasteiger partial charge >= 0.3 is 0 Å². The van der Waals surface area contributed by atoms with Crippen LogP contribution in [0.3, 0.4) is 0 Å². The highest BCUT2D eigenvalue weighted by Crippen LogP contribution is 2.38. The Balaban J connectivity index is 1.61. The molecule has 1 aliphatic rings. The third-order valence-electron chi connectivity index (χ3n) is 3.43. The quantitative estimate of drug-likeness (QED) is 0.560. The van der Waals surface area contributed by atoms with Crippen LogP contribution in [0, 0.1) is 0 Å². The Bertz CT molecular complexity index is 356. The van der Waals surface area contributed by atoms with E-state index in [2.05, 4.69) is 45.5 Å². The summed E-state index contributed by atoms with van der Waals surface area (Å²) in [5.74, 6) is 1.96. The molecule has 3 heteroatoms. The Morgan fingerprint density at radius 1 is 1.17 bits per heavy atom. The number of thioether (sulfide) groups is 1. The standard InChI is InChI=1S/C15H22BrNS/c16-9-5-1-2-6-10-17-11-13-12-18-15-8-4-3-7-14(13)15/h3-4,7-8,13,17H,1-2,5-6,9-12H2. The van der Waals surface area contributed by atoms with Crippen LogP contribution in [0.25, 0.3) is 0 Å². The van der Waals surface area contributed by atoms with E-state index in [0.29, 0.717) is 5.92 Å². The van der Waals surface area contributed by atoms with Crippen LogP contribution in [0.1, 0.15) is 37.2 Å². The number of hydrogen-bond donors (Lipinski definition) is 1. The van der Waals surface area contributed by atoms with Gasteiger partial charge < -0.3 is 5.32 Å². The SMILES string of the molecule is BrCCCCCCNCC1CSc2ccccc21. The van der Waals surface area contributed by atoms with E-state index in [0.717, 1.165) is 11.9 Å². The van der Waals surface area contributed by atoms with Crippen molar-refractivity contribution in [1.29, 1.82) is 0 Å². The number of fused-ring (bicyclic) bond motifs is 1. The third kappa shape index (κ3) is 4.29. The van der Waals surface area contributed by atoms with E-state index in [-0.39, 0.29) is 0 Å². The number of unbranched alkanes of at least 4 members (excludes halogenated alkanes) is 3. The summed E-state index contributed by atoms with van der Waals surface area (Å²) in [6.45, 7) is 2.31. The lowest BCUT2D eigenvalue weighted by Crippen LogP contribution is -2.22. The molecule has 1 aliphatic heterocycles. The first kappa shape index (κ1) is 14.4. The van der Waals surface area contributed by atoms with Gasteiger partial charge in [-0.05, 0) is 31.0 Å². The van der Waals surface area contributed by atoms with E-state index in [4.69, 9.17) is 0 Å². The minimum Gasteiger partial charge on any atom is -0.316 e. The lowest BCUT2D eigenvalue weighted by Gasteiger charge is -2.11. The lowest BCUT2D eigenvalue weighted by atomic mass is 10.0. The van der Waals surface area contributed by atoms with Crippen molar-refractivity contribution in [3.05, 3.63) is 29.8 Å². The van der Waals surface area contributed by atoms with E-state index in [1.54, 1.807) is 5.56 Å². The third-order valence-corrected chi connectivity index (χ3v) is 5.24. The Morgan fingerprint density at radius 2 is 2.00 bits per heavy atom. The van der Waals surface area contributed by atoms with E-state index in [1.807, 2.05) is 11.8 Å². The molecule has 2 rings (SSSR count). The monoisotopic (exact) mass is 327 g/mol. The molecule has 0 radical (unpaired) electrons. The van der Waals surface area contributed by atoms with Crippen LogP contribution < -0.4 is 5.32 Å². The van der Waals surface area contributed by atoms with Gasteiger partial charge in [0.15, 0.2) is 0 Å². The van der Waals surface area contributed by atoms with Crippen molar-refractivity contribution in [3.63, 3.8) is 0 Å². The highest BCUT2D eigenvalue weighted by atomic mass is 79.9. The van der Waals surface area contributed by atoms with Gasteiger partial charge in [0.2, 0.25) is 0 Å². The summed E-state index contributed by atoms with van der Waals surface area (Å²) in [7, 11) is 0. The zero-order chi connectivity index (χ0) is 12.6. The number of hydrogen-bond acceptors (Lipinski definition) is 2. The van der Waals surface area contributed by atoms with Crippen LogP contribution in [0.5, 0.6) is 0 Å². The van der Waals surface area contributed by atoms with Gasteiger partial charge in [-0.2, -0.15) is 0 Å². The fourth-order valence-corrected chi connectivity index (χ4v) is 4.02.